The van der Waals surface area contributed by atoms with Crippen molar-refractivity contribution in [2.24, 2.45) is 0 Å². The van der Waals surface area contributed by atoms with Crippen molar-refractivity contribution in [1.29, 1.82) is 0 Å². The Bertz CT molecular complexity index is 640. The van der Waals surface area contributed by atoms with E-state index in [0.29, 0.717) is 16.7 Å². The van der Waals surface area contributed by atoms with Gasteiger partial charge >= 0.3 is 5.97 Å². The molecule has 0 fully saturated rings. The zero-order valence-electron chi connectivity index (χ0n) is 10.5. The van der Waals surface area contributed by atoms with Crippen LogP contribution in [0.15, 0.2) is 30.3 Å². The van der Waals surface area contributed by atoms with Gasteiger partial charge in [0, 0.05) is 5.56 Å². The molecule has 0 atom stereocenters. The Labute approximate surface area is 109 Å². The molecule has 0 amide bonds. The summed E-state index contributed by atoms with van der Waals surface area (Å²) in [6.45, 7) is 3.50. The first-order chi connectivity index (χ1) is 8.90. The van der Waals surface area contributed by atoms with E-state index < -0.39 is 23.2 Å². The molecule has 0 saturated heterocycles. The summed E-state index contributed by atoms with van der Waals surface area (Å²) in [6.07, 6.45) is 0. The Balaban J connectivity index is 2.61. The molecule has 0 heterocycles. The SMILES string of the molecule is Cc1cc(C)c(-c2ccc(C(=O)O)c(F)c2)c(F)c1. The minimum absolute atomic E-state index is 0.293. The average molecular weight is 262 g/mol. The van der Waals surface area contributed by atoms with Gasteiger partial charge in [-0.2, -0.15) is 0 Å². The first-order valence-electron chi connectivity index (χ1n) is 5.70. The van der Waals surface area contributed by atoms with Gasteiger partial charge in [-0.05, 0) is 48.7 Å². The highest BCUT2D eigenvalue weighted by molar-refractivity contribution is 5.88. The summed E-state index contributed by atoms with van der Waals surface area (Å²) in [5.41, 5.74) is 1.66. The lowest BCUT2D eigenvalue weighted by atomic mass is 9.97. The van der Waals surface area contributed by atoms with Crippen molar-refractivity contribution in [2.75, 3.05) is 0 Å². The highest BCUT2D eigenvalue weighted by atomic mass is 19.1. The van der Waals surface area contributed by atoms with Crippen LogP contribution in [0.1, 0.15) is 21.5 Å². The molecule has 0 radical (unpaired) electrons. The van der Waals surface area contributed by atoms with Gasteiger partial charge < -0.3 is 5.11 Å². The third-order valence-electron chi connectivity index (χ3n) is 2.92. The largest absolute Gasteiger partial charge is 0.478 e. The van der Waals surface area contributed by atoms with Crippen LogP contribution >= 0.6 is 0 Å². The molecule has 0 bridgehead atoms. The average Bonchev–Trinajstić information content (AvgIpc) is 2.26. The number of aryl methyl sites for hydroxylation is 2. The molecule has 2 aromatic rings. The second-order valence-electron chi connectivity index (χ2n) is 4.44. The molecule has 0 aliphatic heterocycles. The van der Waals surface area contributed by atoms with Gasteiger partial charge in [0.25, 0.3) is 0 Å². The van der Waals surface area contributed by atoms with Crippen molar-refractivity contribution in [3.05, 3.63) is 58.7 Å². The van der Waals surface area contributed by atoms with Crippen molar-refractivity contribution in [1.82, 2.24) is 0 Å². The van der Waals surface area contributed by atoms with E-state index in [9.17, 15) is 13.6 Å². The van der Waals surface area contributed by atoms with E-state index in [1.807, 2.05) is 0 Å². The summed E-state index contributed by atoms with van der Waals surface area (Å²) < 4.78 is 27.6. The predicted molar refractivity (Wildman–Crippen MR) is 68.2 cm³/mol. The second kappa shape index (κ2) is 4.80. The van der Waals surface area contributed by atoms with Crippen molar-refractivity contribution >= 4 is 5.97 Å². The fraction of sp³-hybridized carbons (Fsp3) is 0.133. The number of hydrogen-bond donors (Lipinski definition) is 1. The molecule has 4 heteroatoms. The van der Waals surface area contributed by atoms with Crippen LogP contribution < -0.4 is 0 Å². The molecule has 1 N–H and O–H groups in total. The van der Waals surface area contributed by atoms with E-state index in [-0.39, 0.29) is 0 Å². The molecule has 2 rings (SSSR count). The van der Waals surface area contributed by atoms with Crippen molar-refractivity contribution < 1.29 is 18.7 Å². The maximum Gasteiger partial charge on any atom is 0.338 e. The van der Waals surface area contributed by atoms with Crippen LogP contribution in [0.4, 0.5) is 8.78 Å². The molecule has 0 unspecified atom stereocenters. The highest BCUT2D eigenvalue weighted by Crippen LogP contribution is 2.29. The number of hydrogen-bond acceptors (Lipinski definition) is 1. The quantitative estimate of drug-likeness (QED) is 0.889. The summed E-state index contributed by atoms with van der Waals surface area (Å²) in [5, 5.41) is 8.76. The molecule has 98 valence electrons. The number of halogens is 2. The van der Waals surface area contributed by atoms with Gasteiger partial charge in [-0.15, -0.1) is 0 Å². The van der Waals surface area contributed by atoms with Gasteiger partial charge in [-0.1, -0.05) is 12.1 Å². The Morgan fingerprint density at radius 3 is 2.26 bits per heavy atom. The number of aromatic carboxylic acids is 1. The lowest BCUT2D eigenvalue weighted by molar-refractivity contribution is 0.0692. The Hall–Kier alpha value is -2.23. The van der Waals surface area contributed by atoms with Crippen LogP contribution in [-0.4, -0.2) is 11.1 Å². The van der Waals surface area contributed by atoms with E-state index in [1.54, 1.807) is 19.9 Å². The maximum absolute atomic E-state index is 13.9. The van der Waals surface area contributed by atoms with Crippen molar-refractivity contribution in [2.45, 2.75) is 13.8 Å². The summed E-state index contributed by atoms with van der Waals surface area (Å²) in [7, 11) is 0. The lowest BCUT2D eigenvalue weighted by Crippen LogP contribution is -2.01. The number of carbonyl (C=O) groups is 1. The summed E-state index contributed by atoms with van der Waals surface area (Å²) in [6, 6.07) is 6.76. The third kappa shape index (κ3) is 2.47. The van der Waals surface area contributed by atoms with Gasteiger partial charge in [-0.3, -0.25) is 0 Å². The molecule has 0 aliphatic carbocycles. The minimum atomic E-state index is -1.34. The molecule has 2 aromatic carbocycles. The van der Waals surface area contributed by atoms with Gasteiger partial charge in [0.15, 0.2) is 0 Å². The van der Waals surface area contributed by atoms with E-state index in [4.69, 9.17) is 5.11 Å². The van der Waals surface area contributed by atoms with Crippen molar-refractivity contribution in [3.63, 3.8) is 0 Å². The number of carboxylic acids is 1. The van der Waals surface area contributed by atoms with E-state index in [2.05, 4.69) is 0 Å². The summed E-state index contributed by atoms with van der Waals surface area (Å²) in [4.78, 5) is 10.7. The minimum Gasteiger partial charge on any atom is -0.478 e. The smallest absolute Gasteiger partial charge is 0.338 e. The van der Waals surface area contributed by atoms with E-state index >= 15 is 0 Å². The molecule has 0 aliphatic rings. The summed E-state index contributed by atoms with van der Waals surface area (Å²) in [5.74, 6) is -2.66. The van der Waals surface area contributed by atoms with Crippen LogP contribution in [0.3, 0.4) is 0 Å². The predicted octanol–water partition coefficient (Wildman–Crippen LogP) is 3.95. The van der Waals surface area contributed by atoms with Crippen LogP contribution in [-0.2, 0) is 0 Å². The fourth-order valence-corrected chi connectivity index (χ4v) is 2.13. The number of benzene rings is 2. The first-order valence-corrected chi connectivity index (χ1v) is 5.70. The van der Waals surface area contributed by atoms with E-state index in [0.717, 1.165) is 17.7 Å². The van der Waals surface area contributed by atoms with Crippen LogP contribution in [0, 0.1) is 25.5 Å². The zero-order valence-corrected chi connectivity index (χ0v) is 10.5. The molecule has 0 saturated carbocycles. The standard InChI is InChI=1S/C15H12F2O2/c1-8-5-9(2)14(13(17)6-8)10-3-4-11(15(18)19)12(16)7-10/h3-7H,1-2H3,(H,18,19). The van der Waals surface area contributed by atoms with Crippen LogP contribution in [0.5, 0.6) is 0 Å². The molecular formula is C15H12F2O2. The topological polar surface area (TPSA) is 37.3 Å². The Kier molecular flexibility index (Phi) is 3.34. The van der Waals surface area contributed by atoms with Crippen LogP contribution in [0.2, 0.25) is 0 Å². The lowest BCUT2D eigenvalue weighted by Gasteiger charge is -2.10. The monoisotopic (exact) mass is 262 g/mol. The Morgan fingerprint density at radius 2 is 1.74 bits per heavy atom. The van der Waals surface area contributed by atoms with Gasteiger partial charge in [-0.25, -0.2) is 13.6 Å². The van der Waals surface area contributed by atoms with Gasteiger partial charge in [0.2, 0.25) is 0 Å². The fourth-order valence-electron chi connectivity index (χ4n) is 2.13. The molecule has 19 heavy (non-hydrogen) atoms. The maximum atomic E-state index is 13.9. The van der Waals surface area contributed by atoms with E-state index in [1.165, 1.54) is 12.1 Å². The second-order valence-corrected chi connectivity index (χ2v) is 4.44. The van der Waals surface area contributed by atoms with Crippen LogP contribution in [0.25, 0.3) is 11.1 Å². The third-order valence-corrected chi connectivity index (χ3v) is 2.92. The number of rotatable bonds is 2. The molecule has 0 aromatic heterocycles. The molecule has 2 nitrogen and oxygen atoms in total. The zero-order chi connectivity index (χ0) is 14.2. The van der Waals surface area contributed by atoms with Gasteiger partial charge in [0.05, 0.1) is 5.56 Å². The summed E-state index contributed by atoms with van der Waals surface area (Å²) >= 11 is 0. The molecule has 0 spiro atoms. The number of carboxylic acid groups (broad SMARTS) is 1. The van der Waals surface area contributed by atoms with Crippen molar-refractivity contribution in [3.8, 4) is 11.1 Å². The highest BCUT2D eigenvalue weighted by Gasteiger charge is 2.14. The molecular weight excluding hydrogens is 250 g/mol. The Morgan fingerprint density at radius 1 is 1.05 bits per heavy atom. The first kappa shape index (κ1) is 13.2. The van der Waals surface area contributed by atoms with Gasteiger partial charge in [0.1, 0.15) is 11.6 Å². The normalized spacial score (nSPS) is 10.5.